The van der Waals surface area contributed by atoms with E-state index in [1.165, 1.54) is 17.2 Å². The van der Waals surface area contributed by atoms with Gasteiger partial charge in [0.15, 0.2) is 12.1 Å². The second-order valence-corrected chi connectivity index (χ2v) is 2.74. The first-order chi connectivity index (χ1) is 6.20. The number of allylic oxidation sites excluding steroid dienone is 2. The summed E-state index contributed by atoms with van der Waals surface area (Å²) < 4.78 is 1.47. The third kappa shape index (κ3) is 1.72. The fourth-order valence-electron chi connectivity index (χ4n) is 0.971. The van der Waals surface area contributed by atoms with Gasteiger partial charge >= 0.3 is 0 Å². The molecule has 0 aliphatic heterocycles. The van der Waals surface area contributed by atoms with Crippen molar-refractivity contribution in [3.8, 4) is 0 Å². The monoisotopic (exact) mass is 177 g/mol. The van der Waals surface area contributed by atoms with E-state index in [4.69, 9.17) is 0 Å². The maximum Gasteiger partial charge on any atom is 0.165 e. The summed E-state index contributed by atoms with van der Waals surface area (Å²) in [5.41, 5.74) is 1.46. The van der Waals surface area contributed by atoms with Crippen LogP contribution in [0.5, 0.6) is 0 Å². The van der Waals surface area contributed by atoms with Crippen LogP contribution < -0.4 is 0 Å². The molecule has 0 aromatic carbocycles. The van der Waals surface area contributed by atoms with E-state index in [1.807, 2.05) is 13.8 Å². The van der Waals surface area contributed by atoms with E-state index in [2.05, 4.69) is 16.7 Å². The van der Waals surface area contributed by atoms with Gasteiger partial charge in [0.05, 0.1) is 5.57 Å². The fourth-order valence-corrected chi connectivity index (χ4v) is 0.971. The lowest BCUT2D eigenvalue weighted by Crippen LogP contribution is -1.99. The molecule has 0 N–H and O–H groups in total. The minimum Gasteiger partial charge on any atom is -0.298 e. The Morgan fingerprint density at radius 1 is 1.62 bits per heavy atom. The summed E-state index contributed by atoms with van der Waals surface area (Å²) in [5.74, 6) is 0.532. The summed E-state index contributed by atoms with van der Waals surface area (Å²) in [5, 5.41) is 3.88. The normalized spacial score (nSPS) is 9.38. The number of rotatable bonds is 3. The van der Waals surface area contributed by atoms with Crippen molar-refractivity contribution in [1.82, 2.24) is 14.8 Å². The Bertz CT molecular complexity index is 359. The number of hydrogen-bond donors (Lipinski definition) is 0. The summed E-state index contributed by atoms with van der Waals surface area (Å²) in [4.78, 5) is 14.7. The number of hydrogen-bond acceptors (Lipinski definition) is 3. The molecule has 0 radical (unpaired) electrons. The zero-order valence-electron chi connectivity index (χ0n) is 7.69. The van der Waals surface area contributed by atoms with E-state index in [0.717, 1.165) is 11.9 Å². The van der Waals surface area contributed by atoms with Crippen LogP contribution in [-0.4, -0.2) is 21.1 Å². The van der Waals surface area contributed by atoms with Crippen molar-refractivity contribution < 1.29 is 4.79 Å². The number of carbonyl (C=O) groups is 1. The van der Waals surface area contributed by atoms with E-state index in [1.54, 1.807) is 0 Å². The topological polar surface area (TPSA) is 47.8 Å². The predicted octanol–water partition coefficient (Wildman–Crippen LogP) is 1.37. The van der Waals surface area contributed by atoms with Gasteiger partial charge in [0.25, 0.3) is 0 Å². The van der Waals surface area contributed by atoms with Crippen LogP contribution in [0.25, 0.3) is 11.8 Å². The molecule has 0 saturated heterocycles. The number of aldehydes is 1. The van der Waals surface area contributed by atoms with Crippen LogP contribution in [0.15, 0.2) is 18.5 Å². The molecule has 0 amide bonds. The third-order valence-electron chi connectivity index (χ3n) is 1.64. The van der Waals surface area contributed by atoms with Crippen LogP contribution in [0.2, 0.25) is 0 Å². The van der Waals surface area contributed by atoms with E-state index in [0.29, 0.717) is 11.4 Å². The van der Waals surface area contributed by atoms with Crippen molar-refractivity contribution in [3.05, 3.63) is 24.3 Å². The molecule has 0 atom stereocenters. The van der Waals surface area contributed by atoms with Gasteiger partial charge in [-0.15, -0.1) is 0 Å². The van der Waals surface area contributed by atoms with Crippen LogP contribution in [0.4, 0.5) is 0 Å². The van der Waals surface area contributed by atoms with Gasteiger partial charge in [0.1, 0.15) is 6.33 Å². The molecular formula is C9H11N3O. The lowest BCUT2D eigenvalue weighted by atomic mass is 10.1. The molecule has 0 spiro atoms. The average molecular weight is 177 g/mol. The van der Waals surface area contributed by atoms with Gasteiger partial charge in [-0.05, 0) is 13.8 Å². The Morgan fingerprint density at radius 2 is 2.31 bits per heavy atom. The smallest absolute Gasteiger partial charge is 0.165 e. The SMILES string of the molecule is C=Cn1ncnc1C(C=O)=C(C)C. The summed E-state index contributed by atoms with van der Waals surface area (Å²) in [6.45, 7) is 7.27. The molecule has 68 valence electrons. The molecule has 1 heterocycles. The molecular weight excluding hydrogens is 166 g/mol. The molecule has 0 fully saturated rings. The van der Waals surface area contributed by atoms with Crippen molar-refractivity contribution in [3.63, 3.8) is 0 Å². The number of carbonyl (C=O) groups excluding carboxylic acids is 1. The highest BCUT2D eigenvalue weighted by Crippen LogP contribution is 2.13. The van der Waals surface area contributed by atoms with Gasteiger partial charge < -0.3 is 0 Å². The summed E-state index contributed by atoms with van der Waals surface area (Å²) in [6.07, 6.45) is 3.68. The van der Waals surface area contributed by atoms with Crippen LogP contribution in [0.3, 0.4) is 0 Å². The molecule has 0 aliphatic carbocycles. The van der Waals surface area contributed by atoms with Crippen LogP contribution in [0.1, 0.15) is 19.7 Å². The first-order valence-corrected chi connectivity index (χ1v) is 3.85. The van der Waals surface area contributed by atoms with E-state index in [9.17, 15) is 4.79 Å². The van der Waals surface area contributed by atoms with Crippen molar-refractivity contribution in [1.29, 1.82) is 0 Å². The number of nitrogens with zero attached hydrogens (tertiary/aromatic N) is 3. The summed E-state index contributed by atoms with van der Waals surface area (Å²) in [7, 11) is 0. The first-order valence-electron chi connectivity index (χ1n) is 3.85. The van der Waals surface area contributed by atoms with Gasteiger partial charge in [0.2, 0.25) is 0 Å². The summed E-state index contributed by atoms with van der Waals surface area (Å²) >= 11 is 0. The molecule has 13 heavy (non-hydrogen) atoms. The van der Waals surface area contributed by atoms with Crippen molar-refractivity contribution in [2.45, 2.75) is 13.8 Å². The predicted molar refractivity (Wildman–Crippen MR) is 50.7 cm³/mol. The second-order valence-electron chi connectivity index (χ2n) is 2.74. The number of aromatic nitrogens is 3. The Balaban J connectivity index is 3.27. The molecule has 0 aliphatic rings. The minimum absolute atomic E-state index is 0.532. The second kappa shape index (κ2) is 3.80. The fraction of sp³-hybridized carbons (Fsp3) is 0.222. The summed E-state index contributed by atoms with van der Waals surface area (Å²) in [6, 6.07) is 0. The zero-order chi connectivity index (χ0) is 9.84. The van der Waals surface area contributed by atoms with E-state index < -0.39 is 0 Å². The molecule has 0 bridgehead atoms. The quantitative estimate of drug-likeness (QED) is 0.517. The Labute approximate surface area is 76.6 Å². The highest BCUT2D eigenvalue weighted by atomic mass is 16.1. The van der Waals surface area contributed by atoms with Gasteiger partial charge in [0, 0.05) is 6.20 Å². The minimum atomic E-state index is 0.532. The first kappa shape index (κ1) is 9.38. The maximum absolute atomic E-state index is 10.7. The van der Waals surface area contributed by atoms with Gasteiger partial charge in [-0.1, -0.05) is 12.2 Å². The third-order valence-corrected chi connectivity index (χ3v) is 1.64. The molecule has 1 aromatic rings. The molecule has 4 nitrogen and oxygen atoms in total. The van der Waals surface area contributed by atoms with Gasteiger partial charge in [-0.25, -0.2) is 9.67 Å². The Kier molecular flexibility index (Phi) is 2.74. The molecule has 1 aromatic heterocycles. The van der Waals surface area contributed by atoms with Gasteiger partial charge in [-0.3, -0.25) is 4.79 Å². The molecule has 1 rings (SSSR count). The molecule has 0 unspecified atom stereocenters. The molecule has 4 heteroatoms. The Morgan fingerprint density at radius 3 is 2.77 bits per heavy atom. The lowest BCUT2D eigenvalue weighted by Gasteiger charge is -2.00. The standard InChI is InChI=1S/C9H11N3O/c1-4-12-9(10-6-11-12)8(5-13)7(2)3/h4-6H,1H2,2-3H3. The van der Waals surface area contributed by atoms with Crippen LogP contribution in [0, 0.1) is 0 Å². The van der Waals surface area contributed by atoms with Crippen molar-refractivity contribution in [2.24, 2.45) is 0 Å². The van der Waals surface area contributed by atoms with Crippen LogP contribution >= 0.6 is 0 Å². The maximum atomic E-state index is 10.7. The Hall–Kier alpha value is -1.71. The zero-order valence-corrected chi connectivity index (χ0v) is 7.69. The average Bonchev–Trinajstić information content (AvgIpc) is 2.53. The van der Waals surface area contributed by atoms with Crippen molar-refractivity contribution in [2.75, 3.05) is 0 Å². The van der Waals surface area contributed by atoms with Crippen molar-refractivity contribution >= 4 is 18.1 Å². The van der Waals surface area contributed by atoms with E-state index in [-0.39, 0.29) is 0 Å². The van der Waals surface area contributed by atoms with Crippen LogP contribution in [-0.2, 0) is 4.79 Å². The van der Waals surface area contributed by atoms with Gasteiger partial charge in [-0.2, -0.15) is 5.10 Å². The largest absolute Gasteiger partial charge is 0.298 e. The molecule has 0 saturated carbocycles. The highest BCUT2D eigenvalue weighted by molar-refractivity contribution is 6.06. The highest BCUT2D eigenvalue weighted by Gasteiger charge is 2.08. The van der Waals surface area contributed by atoms with E-state index >= 15 is 0 Å². The lowest BCUT2D eigenvalue weighted by molar-refractivity contribution is -0.103.